The van der Waals surface area contributed by atoms with Crippen molar-refractivity contribution in [2.24, 2.45) is 5.73 Å². The zero-order valence-corrected chi connectivity index (χ0v) is 10.9. The predicted octanol–water partition coefficient (Wildman–Crippen LogP) is 2.02. The summed E-state index contributed by atoms with van der Waals surface area (Å²) in [6.45, 7) is 4.56. The van der Waals surface area contributed by atoms with Crippen LogP contribution in [-0.2, 0) is 15.3 Å². The fourth-order valence-corrected chi connectivity index (χ4v) is 2.22. The van der Waals surface area contributed by atoms with E-state index in [1.807, 2.05) is 31.2 Å². The van der Waals surface area contributed by atoms with E-state index >= 15 is 0 Å². The van der Waals surface area contributed by atoms with Crippen molar-refractivity contribution in [2.45, 2.75) is 25.6 Å². The van der Waals surface area contributed by atoms with Crippen LogP contribution in [0.2, 0.25) is 0 Å². The summed E-state index contributed by atoms with van der Waals surface area (Å²) in [6, 6.07) is 7.92. The zero-order valence-electron chi connectivity index (χ0n) is 10.9. The summed E-state index contributed by atoms with van der Waals surface area (Å²) in [4.78, 5) is 0. The van der Waals surface area contributed by atoms with E-state index in [1.165, 1.54) is 0 Å². The van der Waals surface area contributed by atoms with Gasteiger partial charge in [-0.2, -0.15) is 0 Å². The summed E-state index contributed by atoms with van der Waals surface area (Å²) in [5.41, 5.74) is 6.61. The zero-order chi connectivity index (χ0) is 12.8. The van der Waals surface area contributed by atoms with E-state index < -0.39 is 5.79 Å². The Kier molecular flexibility index (Phi) is 4.58. The van der Waals surface area contributed by atoms with Crippen LogP contribution in [0.1, 0.15) is 25.3 Å². The molecule has 1 aromatic carbocycles. The monoisotopic (exact) mass is 251 g/mol. The number of benzene rings is 1. The summed E-state index contributed by atoms with van der Waals surface area (Å²) in [5.74, 6) is 0.262. The van der Waals surface area contributed by atoms with E-state index in [0.29, 0.717) is 26.4 Å². The van der Waals surface area contributed by atoms with Crippen LogP contribution in [0.25, 0.3) is 0 Å². The Balaban J connectivity index is 2.14. The second-order valence-corrected chi connectivity index (χ2v) is 4.30. The van der Waals surface area contributed by atoms with Crippen molar-refractivity contribution < 1.29 is 14.2 Å². The van der Waals surface area contributed by atoms with Crippen LogP contribution in [0, 0.1) is 0 Å². The normalized spacial score (nSPS) is 17.9. The Morgan fingerprint density at radius 1 is 1.22 bits per heavy atom. The Morgan fingerprint density at radius 3 is 2.44 bits per heavy atom. The lowest BCUT2D eigenvalue weighted by molar-refractivity contribution is -0.171. The summed E-state index contributed by atoms with van der Waals surface area (Å²) in [6.07, 6.45) is 1.67. The fourth-order valence-electron chi connectivity index (χ4n) is 2.22. The molecule has 0 unspecified atom stereocenters. The van der Waals surface area contributed by atoms with Gasteiger partial charge in [0.25, 0.3) is 0 Å². The molecule has 0 atom stereocenters. The number of hydrogen-bond donors (Lipinski definition) is 1. The van der Waals surface area contributed by atoms with E-state index in [2.05, 4.69) is 0 Å². The van der Waals surface area contributed by atoms with Gasteiger partial charge in [0.05, 0.1) is 19.8 Å². The quantitative estimate of drug-likeness (QED) is 0.840. The molecule has 0 aromatic heterocycles. The van der Waals surface area contributed by atoms with Gasteiger partial charge in [0.15, 0.2) is 5.79 Å². The fraction of sp³-hybridized carbons (Fsp3) is 0.571. The Hall–Kier alpha value is -1.10. The van der Waals surface area contributed by atoms with E-state index in [9.17, 15) is 0 Å². The minimum absolute atomic E-state index is 0.607. The highest BCUT2D eigenvalue weighted by Crippen LogP contribution is 2.36. The number of nitrogens with two attached hydrogens (primary N) is 1. The van der Waals surface area contributed by atoms with Crippen molar-refractivity contribution in [2.75, 3.05) is 26.4 Å². The Morgan fingerprint density at radius 2 is 1.89 bits per heavy atom. The molecule has 0 aliphatic carbocycles. The van der Waals surface area contributed by atoms with Crippen LogP contribution in [-0.4, -0.2) is 26.4 Å². The van der Waals surface area contributed by atoms with Crippen molar-refractivity contribution in [3.05, 3.63) is 29.8 Å². The summed E-state index contributed by atoms with van der Waals surface area (Å²) >= 11 is 0. The molecule has 100 valence electrons. The molecule has 0 saturated carbocycles. The maximum Gasteiger partial charge on any atom is 0.195 e. The molecule has 0 bridgehead atoms. The lowest BCUT2D eigenvalue weighted by Crippen LogP contribution is -2.28. The third-order valence-corrected chi connectivity index (χ3v) is 3.07. The van der Waals surface area contributed by atoms with Gasteiger partial charge in [-0.3, -0.25) is 0 Å². The standard InChI is InChI=1S/C14H21NO3/c1-2-16-13-6-4-12(5-7-13)14(8-3-9-15)17-10-11-18-14/h4-7H,2-3,8-11,15H2,1H3. The highest BCUT2D eigenvalue weighted by atomic mass is 16.7. The average molecular weight is 251 g/mol. The molecule has 18 heavy (non-hydrogen) atoms. The van der Waals surface area contributed by atoms with E-state index in [1.54, 1.807) is 0 Å². The van der Waals surface area contributed by atoms with Gasteiger partial charge >= 0.3 is 0 Å². The minimum Gasteiger partial charge on any atom is -0.494 e. The van der Waals surface area contributed by atoms with Crippen LogP contribution in [0.3, 0.4) is 0 Å². The molecule has 1 aromatic rings. The lowest BCUT2D eigenvalue weighted by Gasteiger charge is -2.27. The first-order chi connectivity index (χ1) is 8.80. The third-order valence-electron chi connectivity index (χ3n) is 3.07. The maximum atomic E-state index is 5.81. The third kappa shape index (κ3) is 2.83. The topological polar surface area (TPSA) is 53.7 Å². The van der Waals surface area contributed by atoms with Crippen LogP contribution >= 0.6 is 0 Å². The van der Waals surface area contributed by atoms with Gasteiger partial charge in [-0.05, 0) is 44.2 Å². The molecule has 1 aliphatic rings. The van der Waals surface area contributed by atoms with E-state index in [-0.39, 0.29) is 0 Å². The van der Waals surface area contributed by atoms with Crippen LogP contribution in [0.15, 0.2) is 24.3 Å². The molecule has 1 saturated heterocycles. The molecule has 4 heteroatoms. The van der Waals surface area contributed by atoms with Crippen molar-refractivity contribution in [3.63, 3.8) is 0 Å². The van der Waals surface area contributed by atoms with Gasteiger partial charge in [-0.1, -0.05) is 0 Å². The average Bonchev–Trinajstić information content (AvgIpc) is 2.88. The minimum atomic E-state index is -0.607. The van der Waals surface area contributed by atoms with Crippen LogP contribution in [0.5, 0.6) is 5.75 Å². The number of hydrogen-bond acceptors (Lipinski definition) is 4. The van der Waals surface area contributed by atoms with Crippen molar-refractivity contribution in [1.29, 1.82) is 0 Å². The van der Waals surface area contributed by atoms with Crippen LogP contribution in [0.4, 0.5) is 0 Å². The lowest BCUT2D eigenvalue weighted by atomic mass is 10.0. The summed E-state index contributed by atoms with van der Waals surface area (Å²) < 4.78 is 17.1. The smallest absolute Gasteiger partial charge is 0.195 e. The predicted molar refractivity (Wildman–Crippen MR) is 69.5 cm³/mol. The van der Waals surface area contributed by atoms with Gasteiger partial charge in [0.2, 0.25) is 0 Å². The first kappa shape index (κ1) is 13.3. The Bertz CT molecular complexity index is 358. The van der Waals surface area contributed by atoms with Crippen molar-refractivity contribution in [1.82, 2.24) is 0 Å². The van der Waals surface area contributed by atoms with E-state index in [0.717, 1.165) is 24.2 Å². The Labute approximate surface area is 108 Å². The molecule has 2 N–H and O–H groups in total. The maximum absolute atomic E-state index is 5.81. The van der Waals surface area contributed by atoms with Gasteiger partial charge in [-0.15, -0.1) is 0 Å². The molecule has 0 radical (unpaired) electrons. The molecule has 0 spiro atoms. The summed E-state index contributed by atoms with van der Waals surface area (Å²) in [5, 5.41) is 0. The van der Waals surface area contributed by atoms with Gasteiger partial charge in [0, 0.05) is 12.0 Å². The second kappa shape index (κ2) is 6.18. The van der Waals surface area contributed by atoms with Crippen molar-refractivity contribution in [3.8, 4) is 5.75 Å². The molecule has 2 rings (SSSR count). The highest BCUT2D eigenvalue weighted by molar-refractivity contribution is 5.30. The second-order valence-electron chi connectivity index (χ2n) is 4.30. The van der Waals surface area contributed by atoms with Gasteiger partial charge in [0.1, 0.15) is 5.75 Å². The van der Waals surface area contributed by atoms with E-state index in [4.69, 9.17) is 19.9 Å². The first-order valence-corrected chi connectivity index (χ1v) is 6.52. The number of ether oxygens (including phenoxy) is 3. The molecular formula is C14H21NO3. The van der Waals surface area contributed by atoms with Gasteiger partial charge in [-0.25, -0.2) is 0 Å². The van der Waals surface area contributed by atoms with Crippen molar-refractivity contribution >= 4 is 0 Å². The highest BCUT2D eigenvalue weighted by Gasteiger charge is 2.37. The molecule has 1 heterocycles. The molecule has 1 fully saturated rings. The molecule has 4 nitrogen and oxygen atoms in total. The first-order valence-electron chi connectivity index (χ1n) is 6.52. The summed E-state index contributed by atoms with van der Waals surface area (Å²) in [7, 11) is 0. The SMILES string of the molecule is CCOc1ccc(C2(CCCN)OCCO2)cc1. The number of rotatable bonds is 6. The molecular weight excluding hydrogens is 230 g/mol. The van der Waals surface area contributed by atoms with Gasteiger partial charge < -0.3 is 19.9 Å². The molecule has 0 amide bonds. The largest absolute Gasteiger partial charge is 0.494 e. The molecule has 1 aliphatic heterocycles. The van der Waals surface area contributed by atoms with Crippen LogP contribution < -0.4 is 10.5 Å².